The molecule has 0 saturated heterocycles. The Hall–Kier alpha value is -0.490. The van der Waals surface area contributed by atoms with Crippen LogP contribution in [0.2, 0.25) is 10.0 Å². The van der Waals surface area contributed by atoms with Gasteiger partial charge in [0.05, 0.1) is 10.0 Å². The summed E-state index contributed by atoms with van der Waals surface area (Å²) in [5.41, 5.74) is 5.90. The highest BCUT2D eigenvalue weighted by Crippen LogP contribution is 2.31. The summed E-state index contributed by atoms with van der Waals surface area (Å²) in [5.74, 6) is 0.519. The number of nitrogens with one attached hydrogen (secondary N) is 1. The third-order valence-corrected chi connectivity index (χ3v) is 5.33. The first-order chi connectivity index (χ1) is 9.13. The molecule has 0 aliphatic heterocycles. The van der Waals surface area contributed by atoms with Crippen LogP contribution in [0.15, 0.2) is 17.0 Å². The molecule has 0 radical (unpaired) electrons. The molecular formula is C13H20Cl2N2O2S. The van der Waals surface area contributed by atoms with Gasteiger partial charge >= 0.3 is 0 Å². The Morgan fingerprint density at radius 1 is 1.15 bits per heavy atom. The number of anilines is 1. The standard InChI is InChI=1S/C13H20Cl2N2O2S/c1-8(2)4-5-9(3)17-20(18,19)13-11(14)6-10(16)7-12(13)15/h6-9,17H,4-5,16H2,1-3H3. The average Bonchev–Trinajstić information content (AvgIpc) is 2.23. The molecule has 0 aliphatic carbocycles. The summed E-state index contributed by atoms with van der Waals surface area (Å²) in [6, 6.07) is 2.56. The van der Waals surface area contributed by atoms with Crippen molar-refractivity contribution in [3.05, 3.63) is 22.2 Å². The molecule has 0 amide bonds. The molecule has 1 rings (SSSR count). The molecule has 1 aromatic carbocycles. The molecule has 0 fully saturated rings. The van der Waals surface area contributed by atoms with E-state index in [0.717, 1.165) is 12.8 Å². The molecule has 0 spiro atoms. The zero-order valence-corrected chi connectivity index (χ0v) is 14.1. The Balaban J connectivity index is 2.95. The number of hydrogen-bond acceptors (Lipinski definition) is 3. The second-order valence-electron chi connectivity index (χ2n) is 5.31. The van der Waals surface area contributed by atoms with Crippen LogP contribution in [-0.2, 0) is 10.0 Å². The first-order valence-corrected chi connectivity index (χ1v) is 8.64. The molecule has 4 nitrogen and oxygen atoms in total. The van der Waals surface area contributed by atoms with Gasteiger partial charge in [-0.1, -0.05) is 37.0 Å². The maximum atomic E-state index is 12.3. The average molecular weight is 339 g/mol. The maximum absolute atomic E-state index is 12.3. The molecule has 1 aromatic rings. The minimum absolute atomic E-state index is 0.0264. The molecule has 20 heavy (non-hydrogen) atoms. The number of rotatable bonds is 6. The molecule has 114 valence electrons. The van der Waals surface area contributed by atoms with Gasteiger partial charge in [0.1, 0.15) is 4.90 Å². The van der Waals surface area contributed by atoms with Gasteiger partial charge in [0.2, 0.25) is 10.0 Å². The van der Waals surface area contributed by atoms with Crippen molar-refractivity contribution in [2.75, 3.05) is 5.73 Å². The van der Waals surface area contributed by atoms with Crippen molar-refractivity contribution in [3.8, 4) is 0 Å². The van der Waals surface area contributed by atoms with Gasteiger partial charge < -0.3 is 5.73 Å². The minimum atomic E-state index is -3.75. The fraction of sp³-hybridized carbons (Fsp3) is 0.538. The second-order valence-corrected chi connectivity index (χ2v) is 7.77. The number of sulfonamides is 1. The van der Waals surface area contributed by atoms with E-state index >= 15 is 0 Å². The fourth-order valence-corrected chi connectivity index (χ4v) is 4.31. The number of hydrogen-bond donors (Lipinski definition) is 2. The molecule has 0 heterocycles. The lowest BCUT2D eigenvalue weighted by Gasteiger charge is -2.17. The van der Waals surface area contributed by atoms with Crippen LogP contribution >= 0.6 is 23.2 Å². The maximum Gasteiger partial charge on any atom is 0.243 e. The molecule has 0 saturated carbocycles. The number of nitrogens with two attached hydrogens (primary N) is 1. The lowest BCUT2D eigenvalue weighted by molar-refractivity contribution is 0.485. The van der Waals surface area contributed by atoms with Crippen LogP contribution in [0.5, 0.6) is 0 Å². The molecule has 0 bridgehead atoms. The van der Waals surface area contributed by atoms with Crippen molar-refractivity contribution in [3.63, 3.8) is 0 Å². The van der Waals surface area contributed by atoms with Crippen LogP contribution < -0.4 is 10.5 Å². The van der Waals surface area contributed by atoms with E-state index in [2.05, 4.69) is 18.6 Å². The first kappa shape index (κ1) is 17.6. The van der Waals surface area contributed by atoms with Crippen molar-refractivity contribution in [1.29, 1.82) is 0 Å². The Morgan fingerprint density at radius 3 is 2.10 bits per heavy atom. The van der Waals surface area contributed by atoms with E-state index in [1.807, 2.05) is 6.92 Å². The minimum Gasteiger partial charge on any atom is -0.399 e. The lowest BCUT2D eigenvalue weighted by atomic mass is 10.1. The quantitative estimate of drug-likeness (QED) is 0.777. The molecule has 1 atom stereocenters. The van der Waals surface area contributed by atoms with Gasteiger partial charge in [0.25, 0.3) is 0 Å². The molecule has 0 aliphatic rings. The van der Waals surface area contributed by atoms with E-state index < -0.39 is 10.0 Å². The highest BCUT2D eigenvalue weighted by atomic mass is 35.5. The van der Waals surface area contributed by atoms with Gasteiger partial charge in [-0.15, -0.1) is 0 Å². The van der Waals surface area contributed by atoms with Crippen molar-refractivity contribution >= 4 is 38.9 Å². The van der Waals surface area contributed by atoms with E-state index in [-0.39, 0.29) is 21.0 Å². The van der Waals surface area contributed by atoms with E-state index in [1.165, 1.54) is 12.1 Å². The highest BCUT2D eigenvalue weighted by molar-refractivity contribution is 7.89. The number of nitrogen functional groups attached to an aromatic ring is 1. The SMILES string of the molecule is CC(C)CCC(C)NS(=O)(=O)c1c(Cl)cc(N)cc1Cl. The largest absolute Gasteiger partial charge is 0.399 e. The van der Waals surface area contributed by atoms with E-state index in [9.17, 15) is 8.42 Å². The summed E-state index contributed by atoms with van der Waals surface area (Å²) < 4.78 is 27.2. The second kappa shape index (κ2) is 6.98. The van der Waals surface area contributed by atoms with E-state index in [1.54, 1.807) is 0 Å². The smallest absolute Gasteiger partial charge is 0.243 e. The monoisotopic (exact) mass is 338 g/mol. The summed E-state index contributed by atoms with van der Waals surface area (Å²) in [6.45, 7) is 6.00. The third-order valence-electron chi connectivity index (χ3n) is 2.82. The van der Waals surface area contributed by atoms with E-state index in [4.69, 9.17) is 28.9 Å². The van der Waals surface area contributed by atoms with Gasteiger partial charge in [0, 0.05) is 11.7 Å². The van der Waals surface area contributed by atoms with Crippen molar-refractivity contribution in [1.82, 2.24) is 4.72 Å². The Labute approximate surface area is 130 Å². The van der Waals surface area contributed by atoms with Gasteiger partial charge in [0.15, 0.2) is 0 Å². The Morgan fingerprint density at radius 2 is 1.65 bits per heavy atom. The van der Waals surface area contributed by atoms with Crippen LogP contribution in [0.1, 0.15) is 33.6 Å². The zero-order chi connectivity index (χ0) is 15.5. The summed E-state index contributed by atoms with van der Waals surface area (Å²) >= 11 is 11.9. The Bertz CT molecular complexity index is 551. The number of halogens is 2. The van der Waals surface area contributed by atoms with Gasteiger partial charge in [-0.25, -0.2) is 13.1 Å². The highest BCUT2D eigenvalue weighted by Gasteiger charge is 2.24. The summed E-state index contributed by atoms with van der Waals surface area (Å²) in [7, 11) is -3.75. The van der Waals surface area contributed by atoms with Gasteiger partial charge in [-0.3, -0.25) is 0 Å². The Kier molecular flexibility index (Phi) is 6.13. The van der Waals surface area contributed by atoms with Crippen LogP contribution in [0, 0.1) is 5.92 Å². The normalized spacial score (nSPS) is 13.7. The zero-order valence-electron chi connectivity index (χ0n) is 11.8. The first-order valence-electron chi connectivity index (χ1n) is 6.40. The predicted molar refractivity (Wildman–Crippen MR) is 84.7 cm³/mol. The van der Waals surface area contributed by atoms with Gasteiger partial charge in [-0.2, -0.15) is 0 Å². The lowest BCUT2D eigenvalue weighted by Crippen LogP contribution is -2.33. The topological polar surface area (TPSA) is 72.2 Å². The molecule has 1 unspecified atom stereocenters. The van der Waals surface area contributed by atoms with Crippen LogP contribution in [0.4, 0.5) is 5.69 Å². The predicted octanol–water partition coefficient (Wildman–Crippen LogP) is 3.68. The fourth-order valence-electron chi connectivity index (χ4n) is 1.80. The summed E-state index contributed by atoms with van der Waals surface area (Å²) in [5, 5.41) is 0.0529. The van der Waals surface area contributed by atoms with Crippen molar-refractivity contribution in [2.24, 2.45) is 5.92 Å². The molecule has 3 N–H and O–H groups in total. The van der Waals surface area contributed by atoms with Crippen LogP contribution in [0.25, 0.3) is 0 Å². The van der Waals surface area contributed by atoms with Crippen LogP contribution in [0.3, 0.4) is 0 Å². The van der Waals surface area contributed by atoms with Crippen LogP contribution in [-0.4, -0.2) is 14.5 Å². The third kappa shape index (κ3) is 4.81. The molecule has 7 heteroatoms. The summed E-state index contributed by atoms with van der Waals surface area (Å²) in [6.07, 6.45) is 1.69. The molecule has 0 aromatic heterocycles. The number of benzene rings is 1. The molecular weight excluding hydrogens is 319 g/mol. The van der Waals surface area contributed by atoms with E-state index in [0.29, 0.717) is 11.6 Å². The van der Waals surface area contributed by atoms with Gasteiger partial charge in [-0.05, 0) is 37.8 Å². The van der Waals surface area contributed by atoms with Crippen molar-refractivity contribution in [2.45, 2.75) is 44.6 Å². The van der Waals surface area contributed by atoms with Crippen molar-refractivity contribution < 1.29 is 8.42 Å². The summed E-state index contributed by atoms with van der Waals surface area (Å²) in [4.78, 5) is -0.119.